The molecule has 0 amide bonds. The Balaban J connectivity index is 1.79. The summed E-state index contributed by atoms with van der Waals surface area (Å²) in [6, 6.07) is 12.5. The smallest absolute Gasteiger partial charge is 0.338 e. The van der Waals surface area contributed by atoms with Crippen molar-refractivity contribution < 1.29 is 23.9 Å². The van der Waals surface area contributed by atoms with Crippen LogP contribution in [0.5, 0.6) is 11.5 Å². The highest BCUT2D eigenvalue weighted by Crippen LogP contribution is 2.19. The standard InChI is InChI=1S/C18H19NO6/c1-13(2)25-18(20)14-6-8-16(9-7-14)23-10-11-24-17-5-3-4-15(12-17)19(21)22/h3-9,12-13H,10-11H2,1-2H3. The zero-order chi connectivity index (χ0) is 18.2. The van der Waals surface area contributed by atoms with Crippen LogP contribution in [0, 0.1) is 10.1 Å². The van der Waals surface area contributed by atoms with Crippen molar-refractivity contribution in [1.82, 2.24) is 0 Å². The number of carbonyl (C=O) groups is 1. The summed E-state index contributed by atoms with van der Waals surface area (Å²) in [6.07, 6.45) is -0.172. The van der Waals surface area contributed by atoms with Crippen LogP contribution in [0.15, 0.2) is 48.5 Å². The van der Waals surface area contributed by atoms with E-state index in [1.807, 2.05) is 0 Å². The highest BCUT2D eigenvalue weighted by molar-refractivity contribution is 5.89. The maximum Gasteiger partial charge on any atom is 0.338 e. The number of nitrogens with zero attached hydrogens (tertiary/aromatic N) is 1. The number of ether oxygens (including phenoxy) is 3. The van der Waals surface area contributed by atoms with Crippen molar-refractivity contribution in [3.8, 4) is 11.5 Å². The highest BCUT2D eigenvalue weighted by atomic mass is 16.6. The number of nitro benzene ring substituents is 1. The Hall–Kier alpha value is -3.09. The van der Waals surface area contributed by atoms with Gasteiger partial charge in [0.1, 0.15) is 24.7 Å². The van der Waals surface area contributed by atoms with Crippen LogP contribution in [0.25, 0.3) is 0 Å². The van der Waals surface area contributed by atoms with Gasteiger partial charge in [-0.25, -0.2) is 4.79 Å². The molecule has 0 heterocycles. The number of nitro groups is 1. The van der Waals surface area contributed by atoms with Crippen LogP contribution in [0.1, 0.15) is 24.2 Å². The molecule has 0 aromatic heterocycles. The Morgan fingerprint density at radius 3 is 2.28 bits per heavy atom. The molecule has 2 aromatic carbocycles. The molecule has 2 rings (SSSR count). The van der Waals surface area contributed by atoms with Crippen molar-refractivity contribution in [2.24, 2.45) is 0 Å². The van der Waals surface area contributed by atoms with Gasteiger partial charge in [0.2, 0.25) is 0 Å². The van der Waals surface area contributed by atoms with Gasteiger partial charge in [0.25, 0.3) is 5.69 Å². The molecule has 0 bridgehead atoms. The van der Waals surface area contributed by atoms with Gasteiger partial charge < -0.3 is 14.2 Å². The van der Waals surface area contributed by atoms with Crippen LogP contribution < -0.4 is 9.47 Å². The molecule has 0 spiro atoms. The Bertz CT molecular complexity index is 727. The summed E-state index contributed by atoms with van der Waals surface area (Å²) in [6.45, 7) is 4.07. The van der Waals surface area contributed by atoms with E-state index in [0.29, 0.717) is 17.1 Å². The fraction of sp³-hybridized carbons (Fsp3) is 0.278. The third kappa shape index (κ3) is 5.80. The molecule has 0 aliphatic rings. The van der Waals surface area contributed by atoms with Gasteiger partial charge in [-0.05, 0) is 44.2 Å². The first-order valence-electron chi connectivity index (χ1n) is 7.77. The molecule has 0 N–H and O–H groups in total. The lowest BCUT2D eigenvalue weighted by Crippen LogP contribution is -2.12. The minimum atomic E-state index is -0.477. The number of esters is 1. The van der Waals surface area contributed by atoms with E-state index >= 15 is 0 Å². The van der Waals surface area contributed by atoms with E-state index < -0.39 is 4.92 Å². The molecule has 25 heavy (non-hydrogen) atoms. The molecule has 7 nitrogen and oxygen atoms in total. The van der Waals surface area contributed by atoms with Gasteiger partial charge in [0.05, 0.1) is 22.7 Å². The van der Waals surface area contributed by atoms with E-state index in [1.54, 1.807) is 50.2 Å². The number of hydrogen-bond acceptors (Lipinski definition) is 6. The van der Waals surface area contributed by atoms with Gasteiger partial charge in [-0.15, -0.1) is 0 Å². The molecular weight excluding hydrogens is 326 g/mol. The van der Waals surface area contributed by atoms with Crippen LogP contribution in [-0.4, -0.2) is 30.2 Å². The average molecular weight is 345 g/mol. The second kappa shape index (κ2) is 8.68. The van der Waals surface area contributed by atoms with E-state index in [4.69, 9.17) is 14.2 Å². The molecule has 0 saturated carbocycles. The molecule has 0 saturated heterocycles. The fourth-order valence-electron chi connectivity index (χ4n) is 1.98. The fourth-order valence-corrected chi connectivity index (χ4v) is 1.98. The average Bonchev–Trinajstić information content (AvgIpc) is 2.59. The molecule has 0 radical (unpaired) electrons. The van der Waals surface area contributed by atoms with Crippen molar-refractivity contribution in [3.63, 3.8) is 0 Å². The summed E-state index contributed by atoms with van der Waals surface area (Å²) >= 11 is 0. The minimum absolute atomic E-state index is 0.0257. The van der Waals surface area contributed by atoms with Crippen molar-refractivity contribution in [2.75, 3.05) is 13.2 Å². The summed E-state index contributed by atoms with van der Waals surface area (Å²) in [5.74, 6) is 0.615. The molecule has 0 atom stereocenters. The number of rotatable bonds is 8. The van der Waals surface area contributed by atoms with Crippen LogP contribution in [0.2, 0.25) is 0 Å². The van der Waals surface area contributed by atoms with E-state index in [9.17, 15) is 14.9 Å². The lowest BCUT2D eigenvalue weighted by atomic mass is 10.2. The zero-order valence-electron chi connectivity index (χ0n) is 14.0. The van der Waals surface area contributed by atoms with Crippen LogP contribution >= 0.6 is 0 Å². The third-order valence-corrected chi connectivity index (χ3v) is 3.08. The van der Waals surface area contributed by atoms with E-state index in [-0.39, 0.29) is 31.0 Å². The van der Waals surface area contributed by atoms with Crippen LogP contribution in [-0.2, 0) is 4.74 Å². The number of carbonyl (C=O) groups excluding carboxylic acids is 1. The third-order valence-electron chi connectivity index (χ3n) is 3.08. The molecule has 2 aromatic rings. The van der Waals surface area contributed by atoms with E-state index in [1.165, 1.54) is 12.1 Å². The summed E-state index contributed by atoms with van der Waals surface area (Å²) in [4.78, 5) is 21.9. The first-order chi connectivity index (χ1) is 12.0. The molecule has 0 aliphatic carbocycles. The summed E-state index contributed by atoms with van der Waals surface area (Å²) in [7, 11) is 0. The molecule has 7 heteroatoms. The summed E-state index contributed by atoms with van der Waals surface area (Å²) in [5, 5.41) is 10.7. The first-order valence-corrected chi connectivity index (χ1v) is 7.77. The summed E-state index contributed by atoms with van der Waals surface area (Å²) < 4.78 is 16.0. The quantitative estimate of drug-likeness (QED) is 0.314. The Kier molecular flexibility index (Phi) is 6.33. The van der Waals surface area contributed by atoms with Gasteiger partial charge in [-0.3, -0.25) is 10.1 Å². The molecular formula is C18H19NO6. The highest BCUT2D eigenvalue weighted by Gasteiger charge is 2.09. The monoisotopic (exact) mass is 345 g/mol. The number of hydrogen-bond donors (Lipinski definition) is 0. The van der Waals surface area contributed by atoms with Crippen molar-refractivity contribution in [1.29, 1.82) is 0 Å². The number of non-ortho nitro benzene ring substituents is 1. The van der Waals surface area contributed by atoms with Crippen LogP contribution in [0.3, 0.4) is 0 Å². The summed E-state index contributed by atoms with van der Waals surface area (Å²) in [5.41, 5.74) is 0.427. The molecule has 0 unspecified atom stereocenters. The lowest BCUT2D eigenvalue weighted by Gasteiger charge is -2.10. The second-order valence-electron chi connectivity index (χ2n) is 5.43. The van der Waals surface area contributed by atoms with E-state index in [2.05, 4.69) is 0 Å². The van der Waals surface area contributed by atoms with Gasteiger partial charge in [-0.1, -0.05) is 6.07 Å². The first kappa shape index (κ1) is 18.3. The SMILES string of the molecule is CC(C)OC(=O)c1ccc(OCCOc2cccc([N+](=O)[O-])c2)cc1. The maximum atomic E-state index is 11.7. The van der Waals surface area contributed by atoms with Gasteiger partial charge in [0, 0.05) is 6.07 Å². The Morgan fingerprint density at radius 1 is 1.04 bits per heavy atom. The normalized spacial score (nSPS) is 10.4. The molecule has 132 valence electrons. The van der Waals surface area contributed by atoms with Gasteiger partial charge in [-0.2, -0.15) is 0 Å². The van der Waals surface area contributed by atoms with Crippen molar-refractivity contribution in [2.45, 2.75) is 20.0 Å². The topological polar surface area (TPSA) is 87.9 Å². The maximum absolute atomic E-state index is 11.7. The van der Waals surface area contributed by atoms with Crippen molar-refractivity contribution in [3.05, 3.63) is 64.2 Å². The number of benzene rings is 2. The van der Waals surface area contributed by atoms with Gasteiger partial charge >= 0.3 is 5.97 Å². The Labute approximate surface area is 145 Å². The second-order valence-corrected chi connectivity index (χ2v) is 5.43. The minimum Gasteiger partial charge on any atom is -0.490 e. The largest absolute Gasteiger partial charge is 0.490 e. The molecule has 0 fully saturated rings. The Morgan fingerprint density at radius 2 is 1.68 bits per heavy atom. The lowest BCUT2D eigenvalue weighted by molar-refractivity contribution is -0.384. The van der Waals surface area contributed by atoms with Gasteiger partial charge in [0.15, 0.2) is 0 Å². The van der Waals surface area contributed by atoms with Crippen LogP contribution in [0.4, 0.5) is 5.69 Å². The molecule has 0 aliphatic heterocycles. The predicted octanol–water partition coefficient (Wildman–Crippen LogP) is 3.62. The van der Waals surface area contributed by atoms with E-state index in [0.717, 1.165) is 0 Å². The zero-order valence-corrected chi connectivity index (χ0v) is 14.0. The predicted molar refractivity (Wildman–Crippen MR) is 91.1 cm³/mol. The van der Waals surface area contributed by atoms with Crippen molar-refractivity contribution >= 4 is 11.7 Å².